The molecule has 1 heterocycles. The van der Waals surface area contributed by atoms with Gasteiger partial charge in [0.15, 0.2) is 0 Å². The van der Waals surface area contributed by atoms with Crippen molar-refractivity contribution >= 4 is 0 Å². The van der Waals surface area contributed by atoms with Crippen molar-refractivity contribution in [2.75, 3.05) is 6.61 Å². The summed E-state index contributed by atoms with van der Waals surface area (Å²) in [4.78, 5) is 0. The average molecular weight is 176 g/mol. The van der Waals surface area contributed by atoms with Crippen molar-refractivity contribution in [3.63, 3.8) is 0 Å². The maximum absolute atomic E-state index is 5.70. The van der Waals surface area contributed by atoms with Crippen LogP contribution in [0.5, 0.6) is 0 Å². The van der Waals surface area contributed by atoms with Crippen LogP contribution in [0.25, 0.3) is 0 Å². The molecule has 2 aliphatic rings. The fraction of sp³-hybridized carbons (Fsp3) is 0.500. The maximum atomic E-state index is 5.70. The molecule has 1 fully saturated rings. The molecule has 1 saturated heterocycles. The fourth-order valence-corrected chi connectivity index (χ4v) is 1.84. The van der Waals surface area contributed by atoms with Crippen molar-refractivity contribution in [1.82, 2.24) is 0 Å². The lowest BCUT2D eigenvalue weighted by Crippen LogP contribution is -2.21. The van der Waals surface area contributed by atoms with Crippen molar-refractivity contribution in [1.29, 1.82) is 0 Å². The van der Waals surface area contributed by atoms with E-state index in [-0.39, 0.29) is 0 Å². The van der Waals surface area contributed by atoms with E-state index < -0.39 is 0 Å². The van der Waals surface area contributed by atoms with Gasteiger partial charge in [-0.15, -0.1) is 0 Å². The highest BCUT2D eigenvalue weighted by Crippen LogP contribution is 2.24. The normalized spacial score (nSPS) is 28.8. The van der Waals surface area contributed by atoms with Gasteiger partial charge in [-0.05, 0) is 31.3 Å². The molecule has 2 rings (SSSR count). The molecule has 1 nitrogen and oxygen atoms in total. The first kappa shape index (κ1) is 8.76. The van der Waals surface area contributed by atoms with Crippen LogP contribution in [0.4, 0.5) is 0 Å². The van der Waals surface area contributed by atoms with Crippen LogP contribution in [-0.4, -0.2) is 12.7 Å². The van der Waals surface area contributed by atoms with Gasteiger partial charge in [0.25, 0.3) is 0 Å². The predicted octanol–water partition coefficient (Wildman–Crippen LogP) is 3.00. The van der Waals surface area contributed by atoms with E-state index in [0.29, 0.717) is 6.10 Å². The Bertz CT molecular complexity index is 254. The molecule has 0 bridgehead atoms. The van der Waals surface area contributed by atoms with E-state index in [9.17, 15) is 0 Å². The van der Waals surface area contributed by atoms with Gasteiger partial charge in [0.05, 0.1) is 6.10 Å². The maximum Gasteiger partial charge on any atom is 0.0822 e. The molecule has 0 aromatic rings. The van der Waals surface area contributed by atoms with E-state index in [1.165, 1.54) is 30.4 Å². The molecular formula is C12H16O. The molecule has 1 aliphatic heterocycles. The third-order valence-electron chi connectivity index (χ3n) is 2.66. The molecule has 0 amide bonds. The first-order valence-corrected chi connectivity index (χ1v) is 5.04. The Labute approximate surface area is 79.8 Å². The highest BCUT2D eigenvalue weighted by molar-refractivity contribution is 5.36. The van der Waals surface area contributed by atoms with Gasteiger partial charge in [0, 0.05) is 6.61 Å². The lowest BCUT2D eigenvalue weighted by Gasteiger charge is -2.25. The van der Waals surface area contributed by atoms with E-state index in [1.54, 1.807) is 0 Å². The summed E-state index contributed by atoms with van der Waals surface area (Å²) in [5.74, 6) is 0. The van der Waals surface area contributed by atoms with Crippen LogP contribution < -0.4 is 0 Å². The summed E-state index contributed by atoms with van der Waals surface area (Å²) in [5.41, 5.74) is 2.55. The minimum absolute atomic E-state index is 0.359. The molecular weight excluding hydrogens is 160 g/mol. The van der Waals surface area contributed by atoms with E-state index in [1.807, 2.05) is 0 Å². The first-order chi connectivity index (χ1) is 6.36. The van der Waals surface area contributed by atoms with E-state index >= 15 is 0 Å². The third kappa shape index (κ3) is 2.10. The Balaban J connectivity index is 2.00. The van der Waals surface area contributed by atoms with Crippen LogP contribution >= 0.6 is 0 Å². The average Bonchev–Trinajstić information content (AvgIpc) is 2.20. The van der Waals surface area contributed by atoms with Crippen LogP contribution in [0.3, 0.4) is 0 Å². The Morgan fingerprint density at radius 2 is 2.23 bits per heavy atom. The van der Waals surface area contributed by atoms with Gasteiger partial charge in [-0.1, -0.05) is 30.4 Å². The molecule has 1 unspecified atom stereocenters. The predicted molar refractivity (Wildman–Crippen MR) is 54.6 cm³/mol. The van der Waals surface area contributed by atoms with Gasteiger partial charge in [-0.25, -0.2) is 0 Å². The van der Waals surface area contributed by atoms with Crippen molar-refractivity contribution in [2.45, 2.75) is 31.8 Å². The van der Waals surface area contributed by atoms with E-state index in [4.69, 9.17) is 4.74 Å². The zero-order valence-corrected chi connectivity index (χ0v) is 7.96. The molecule has 0 radical (unpaired) electrons. The van der Waals surface area contributed by atoms with Gasteiger partial charge in [-0.2, -0.15) is 0 Å². The van der Waals surface area contributed by atoms with Gasteiger partial charge in [0.2, 0.25) is 0 Å². The van der Waals surface area contributed by atoms with Crippen LogP contribution in [0.1, 0.15) is 25.7 Å². The number of rotatable bonds is 1. The Hall–Kier alpha value is -0.820. The molecule has 1 heteroatoms. The summed E-state index contributed by atoms with van der Waals surface area (Å²) in [6, 6.07) is 0. The van der Waals surface area contributed by atoms with E-state index in [0.717, 1.165) is 13.0 Å². The summed E-state index contributed by atoms with van der Waals surface area (Å²) in [6.07, 6.45) is 11.6. The zero-order chi connectivity index (χ0) is 9.10. The summed E-state index contributed by atoms with van der Waals surface area (Å²) < 4.78 is 5.70. The number of allylic oxidation sites excluding steroid dienone is 3. The molecule has 1 aliphatic carbocycles. The van der Waals surface area contributed by atoms with Crippen LogP contribution in [0.2, 0.25) is 0 Å². The Morgan fingerprint density at radius 3 is 2.85 bits per heavy atom. The minimum atomic E-state index is 0.359. The van der Waals surface area contributed by atoms with Crippen LogP contribution in [0, 0.1) is 0 Å². The molecule has 70 valence electrons. The van der Waals surface area contributed by atoms with Crippen molar-refractivity contribution in [2.24, 2.45) is 0 Å². The summed E-state index contributed by atoms with van der Waals surface area (Å²) in [7, 11) is 0. The number of hydrogen-bond donors (Lipinski definition) is 0. The molecule has 13 heavy (non-hydrogen) atoms. The molecule has 0 aromatic heterocycles. The topological polar surface area (TPSA) is 9.23 Å². The smallest absolute Gasteiger partial charge is 0.0822 e. The molecule has 1 atom stereocenters. The highest BCUT2D eigenvalue weighted by Gasteiger charge is 2.17. The lowest BCUT2D eigenvalue weighted by atomic mass is 9.95. The fourth-order valence-electron chi connectivity index (χ4n) is 1.84. The third-order valence-corrected chi connectivity index (χ3v) is 2.66. The van der Waals surface area contributed by atoms with Gasteiger partial charge < -0.3 is 4.74 Å². The van der Waals surface area contributed by atoms with Crippen molar-refractivity contribution < 1.29 is 4.74 Å². The first-order valence-electron chi connectivity index (χ1n) is 5.04. The summed E-state index contributed by atoms with van der Waals surface area (Å²) in [6.45, 7) is 4.85. The highest BCUT2D eigenvalue weighted by atomic mass is 16.5. The van der Waals surface area contributed by atoms with E-state index in [2.05, 4.69) is 24.8 Å². The quantitative estimate of drug-likeness (QED) is 0.596. The summed E-state index contributed by atoms with van der Waals surface area (Å²) in [5, 5.41) is 0. The SMILES string of the molecule is C=C1C=CC(C2CCCCO2)=CC1. The second kappa shape index (κ2) is 3.93. The molecule has 0 N–H and O–H groups in total. The number of ether oxygens (including phenoxy) is 1. The monoisotopic (exact) mass is 176 g/mol. The van der Waals surface area contributed by atoms with Crippen LogP contribution in [0.15, 0.2) is 36.0 Å². The van der Waals surface area contributed by atoms with Gasteiger partial charge >= 0.3 is 0 Å². The molecule has 0 aromatic carbocycles. The molecule has 0 saturated carbocycles. The van der Waals surface area contributed by atoms with Gasteiger partial charge in [-0.3, -0.25) is 0 Å². The summed E-state index contributed by atoms with van der Waals surface area (Å²) >= 11 is 0. The largest absolute Gasteiger partial charge is 0.374 e. The second-order valence-electron chi connectivity index (χ2n) is 3.76. The number of hydrogen-bond acceptors (Lipinski definition) is 1. The van der Waals surface area contributed by atoms with Gasteiger partial charge in [0.1, 0.15) is 0 Å². The molecule has 0 spiro atoms. The lowest BCUT2D eigenvalue weighted by molar-refractivity contribution is 0.0412. The standard InChI is InChI=1S/C12H16O/c1-10-5-7-11(8-6-10)12-4-2-3-9-13-12/h5,7-8,12H,1-4,6,9H2. The minimum Gasteiger partial charge on any atom is -0.374 e. The van der Waals surface area contributed by atoms with Crippen LogP contribution in [-0.2, 0) is 4.74 Å². The van der Waals surface area contributed by atoms with Crippen molar-refractivity contribution in [3.8, 4) is 0 Å². The zero-order valence-electron chi connectivity index (χ0n) is 7.96. The Morgan fingerprint density at radius 1 is 1.31 bits per heavy atom. The van der Waals surface area contributed by atoms with Crippen molar-refractivity contribution in [3.05, 3.63) is 36.0 Å². The second-order valence-corrected chi connectivity index (χ2v) is 3.76. The Kier molecular flexibility index (Phi) is 2.65.